The highest BCUT2D eigenvalue weighted by Crippen LogP contribution is 2.37. The number of nitrogens with zero attached hydrogens (tertiary/aromatic N) is 1. The first-order valence-electron chi connectivity index (χ1n) is 9.38. The third kappa shape index (κ3) is 4.81. The highest BCUT2D eigenvalue weighted by atomic mass is 32.1. The van der Waals surface area contributed by atoms with Gasteiger partial charge < -0.3 is 5.11 Å². The summed E-state index contributed by atoms with van der Waals surface area (Å²) < 4.78 is 0. The number of aromatic carboxylic acids is 1. The predicted octanol–water partition coefficient (Wildman–Crippen LogP) is 6.24. The summed E-state index contributed by atoms with van der Waals surface area (Å²) in [6.07, 6.45) is 3.56. The van der Waals surface area contributed by atoms with Gasteiger partial charge in [-0.2, -0.15) is 0 Å². The Morgan fingerprint density at radius 3 is 2.28 bits per heavy atom. The standard InChI is InChI=1S/C24H23NO3S/c1-16(2)13-14-25(23(26)19-11-9-17(3)10-12-19)20-15-21(29-22(20)24(27)28)18-7-5-4-6-8-18/h4-16H,1-3H3,(H,27,28). The van der Waals surface area contributed by atoms with Gasteiger partial charge in [0, 0.05) is 16.6 Å². The van der Waals surface area contributed by atoms with Crippen LogP contribution in [0.1, 0.15) is 39.4 Å². The lowest BCUT2D eigenvalue weighted by Gasteiger charge is -2.19. The van der Waals surface area contributed by atoms with Gasteiger partial charge in [-0.05, 0) is 36.6 Å². The number of amides is 1. The zero-order chi connectivity index (χ0) is 21.0. The minimum absolute atomic E-state index is 0.137. The number of carboxylic acid groups (broad SMARTS) is 1. The molecule has 3 rings (SSSR count). The number of anilines is 1. The molecule has 1 aromatic heterocycles. The van der Waals surface area contributed by atoms with Crippen LogP contribution >= 0.6 is 11.3 Å². The number of carboxylic acids is 1. The van der Waals surface area contributed by atoms with Crippen molar-refractivity contribution in [1.82, 2.24) is 0 Å². The van der Waals surface area contributed by atoms with Crippen LogP contribution in [0.3, 0.4) is 0 Å². The fourth-order valence-electron chi connectivity index (χ4n) is 2.81. The van der Waals surface area contributed by atoms with Crippen molar-refractivity contribution in [3.63, 3.8) is 0 Å². The third-order valence-corrected chi connectivity index (χ3v) is 5.52. The maximum atomic E-state index is 13.3. The molecule has 0 unspecified atom stereocenters. The summed E-state index contributed by atoms with van der Waals surface area (Å²) in [5, 5.41) is 9.79. The Labute approximate surface area is 174 Å². The molecule has 0 fully saturated rings. The molecule has 5 heteroatoms. The SMILES string of the molecule is Cc1ccc(C(=O)N(C=CC(C)C)c2cc(-c3ccccc3)sc2C(=O)O)cc1. The summed E-state index contributed by atoms with van der Waals surface area (Å²) in [5.41, 5.74) is 2.86. The van der Waals surface area contributed by atoms with E-state index in [0.29, 0.717) is 11.3 Å². The average molecular weight is 406 g/mol. The van der Waals surface area contributed by atoms with Gasteiger partial charge in [0.05, 0.1) is 5.69 Å². The second-order valence-electron chi connectivity index (χ2n) is 7.12. The lowest BCUT2D eigenvalue weighted by molar-refractivity contribution is 0.0703. The minimum Gasteiger partial charge on any atom is -0.477 e. The van der Waals surface area contributed by atoms with Crippen molar-refractivity contribution in [1.29, 1.82) is 0 Å². The molecule has 3 aromatic rings. The second-order valence-corrected chi connectivity index (χ2v) is 8.18. The fraction of sp³-hybridized carbons (Fsp3) is 0.167. The number of carbonyl (C=O) groups is 2. The summed E-state index contributed by atoms with van der Waals surface area (Å²) in [5.74, 6) is -1.10. The summed E-state index contributed by atoms with van der Waals surface area (Å²) in [6, 6.07) is 18.6. The van der Waals surface area contributed by atoms with Crippen LogP contribution in [0.15, 0.2) is 72.9 Å². The molecular formula is C24H23NO3S. The van der Waals surface area contributed by atoms with Gasteiger partial charge in [0.1, 0.15) is 4.88 Å². The van der Waals surface area contributed by atoms with E-state index >= 15 is 0 Å². The van der Waals surface area contributed by atoms with E-state index in [4.69, 9.17) is 0 Å². The van der Waals surface area contributed by atoms with Crippen molar-refractivity contribution in [2.75, 3.05) is 4.90 Å². The van der Waals surface area contributed by atoms with Crippen molar-refractivity contribution in [2.24, 2.45) is 5.92 Å². The van der Waals surface area contributed by atoms with Crippen LogP contribution in [0.5, 0.6) is 0 Å². The maximum absolute atomic E-state index is 13.3. The molecule has 148 valence electrons. The molecule has 0 saturated carbocycles. The number of thiophene rings is 1. The molecule has 0 bridgehead atoms. The van der Waals surface area contributed by atoms with Gasteiger partial charge in [-0.25, -0.2) is 4.79 Å². The smallest absolute Gasteiger partial charge is 0.348 e. The number of aryl methyl sites for hydroxylation is 1. The van der Waals surface area contributed by atoms with Gasteiger partial charge in [0.25, 0.3) is 5.91 Å². The van der Waals surface area contributed by atoms with E-state index in [2.05, 4.69) is 0 Å². The molecule has 0 spiro atoms. The molecule has 0 aliphatic carbocycles. The van der Waals surface area contributed by atoms with E-state index in [9.17, 15) is 14.7 Å². The second kappa shape index (κ2) is 8.88. The Bertz CT molecular complexity index is 1030. The van der Waals surface area contributed by atoms with E-state index in [1.54, 1.807) is 24.4 Å². The van der Waals surface area contributed by atoms with Crippen molar-refractivity contribution >= 4 is 28.9 Å². The highest BCUT2D eigenvalue weighted by Gasteiger charge is 2.25. The van der Waals surface area contributed by atoms with E-state index in [-0.39, 0.29) is 16.7 Å². The first kappa shape index (κ1) is 20.6. The number of allylic oxidation sites excluding steroid dienone is 1. The summed E-state index contributed by atoms with van der Waals surface area (Å²) >= 11 is 1.17. The molecule has 0 radical (unpaired) electrons. The molecule has 29 heavy (non-hydrogen) atoms. The third-order valence-electron chi connectivity index (χ3n) is 4.36. The van der Waals surface area contributed by atoms with Crippen LogP contribution in [0.2, 0.25) is 0 Å². The lowest BCUT2D eigenvalue weighted by atomic mass is 10.1. The largest absolute Gasteiger partial charge is 0.477 e. The van der Waals surface area contributed by atoms with E-state index in [1.165, 1.54) is 16.2 Å². The summed E-state index contributed by atoms with van der Waals surface area (Å²) in [4.78, 5) is 27.6. The molecule has 1 N–H and O–H groups in total. The molecule has 0 aliphatic heterocycles. The van der Waals surface area contributed by atoms with Gasteiger partial charge >= 0.3 is 5.97 Å². The van der Waals surface area contributed by atoms with E-state index < -0.39 is 5.97 Å². The Kier molecular flexibility index (Phi) is 6.29. The van der Waals surface area contributed by atoms with E-state index in [1.807, 2.05) is 69.3 Å². The Balaban J connectivity index is 2.12. The van der Waals surface area contributed by atoms with Crippen molar-refractivity contribution in [3.8, 4) is 10.4 Å². The maximum Gasteiger partial charge on any atom is 0.348 e. The van der Waals surface area contributed by atoms with Crippen molar-refractivity contribution in [2.45, 2.75) is 20.8 Å². The first-order valence-corrected chi connectivity index (χ1v) is 10.2. The lowest BCUT2D eigenvalue weighted by Crippen LogP contribution is -2.26. The molecular weight excluding hydrogens is 382 g/mol. The van der Waals surface area contributed by atoms with Crippen LogP contribution in [-0.2, 0) is 0 Å². The quantitative estimate of drug-likeness (QED) is 0.528. The molecule has 0 atom stereocenters. The van der Waals surface area contributed by atoms with Crippen LogP contribution in [-0.4, -0.2) is 17.0 Å². The minimum atomic E-state index is -1.05. The molecule has 0 saturated heterocycles. The highest BCUT2D eigenvalue weighted by molar-refractivity contribution is 7.18. The van der Waals surface area contributed by atoms with Crippen LogP contribution in [0.25, 0.3) is 10.4 Å². The zero-order valence-electron chi connectivity index (χ0n) is 16.6. The summed E-state index contributed by atoms with van der Waals surface area (Å²) in [6.45, 7) is 5.97. The van der Waals surface area contributed by atoms with E-state index in [0.717, 1.165) is 16.0 Å². The number of hydrogen-bond donors (Lipinski definition) is 1. The van der Waals surface area contributed by atoms with Gasteiger partial charge in [-0.1, -0.05) is 68.0 Å². The Morgan fingerprint density at radius 1 is 1.03 bits per heavy atom. The number of hydrogen-bond acceptors (Lipinski definition) is 3. The molecule has 1 heterocycles. The molecule has 0 aliphatic rings. The zero-order valence-corrected chi connectivity index (χ0v) is 17.4. The first-order chi connectivity index (χ1) is 13.9. The molecule has 4 nitrogen and oxygen atoms in total. The fourth-order valence-corrected chi connectivity index (χ4v) is 3.80. The molecule has 1 amide bonds. The monoisotopic (exact) mass is 405 g/mol. The van der Waals surface area contributed by atoms with Crippen molar-refractivity contribution < 1.29 is 14.7 Å². The Hall–Kier alpha value is -3.18. The summed E-state index contributed by atoms with van der Waals surface area (Å²) in [7, 11) is 0. The Morgan fingerprint density at radius 2 is 1.69 bits per heavy atom. The number of rotatable bonds is 6. The van der Waals surface area contributed by atoms with Gasteiger partial charge in [-0.3, -0.25) is 9.69 Å². The average Bonchev–Trinajstić information content (AvgIpc) is 3.14. The van der Waals surface area contributed by atoms with Gasteiger partial charge in [0.15, 0.2) is 0 Å². The normalized spacial score (nSPS) is 11.2. The number of carbonyl (C=O) groups excluding carboxylic acids is 1. The van der Waals surface area contributed by atoms with Gasteiger partial charge in [0.2, 0.25) is 0 Å². The predicted molar refractivity (Wildman–Crippen MR) is 119 cm³/mol. The topological polar surface area (TPSA) is 57.6 Å². The van der Waals surface area contributed by atoms with Gasteiger partial charge in [-0.15, -0.1) is 11.3 Å². The van der Waals surface area contributed by atoms with Crippen LogP contribution in [0.4, 0.5) is 5.69 Å². The van der Waals surface area contributed by atoms with Crippen molar-refractivity contribution in [3.05, 3.63) is 88.9 Å². The van der Waals surface area contributed by atoms with Crippen LogP contribution < -0.4 is 4.90 Å². The molecule has 2 aromatic carbocycles. The van der Waals surface area contributed by atoms with Crippen LogP contribution in [0, 0.1) is 12.8 Å². The number of benzene rings is 2.